The van der Waals surface area contributed by atoms with Gasteiger partial charge in [-0.3, -0.25) is 4.31 Å². The average molecular weight is 402 g/mol. The predicted octanol–water partition coefficient (Wildman–Crippen LogP) is 4.07. The van der Waals surface area contributed by atoms with E-state index in [1.165, 1.54) is 5.69 Å². The molecule has 0 bridgehead atoms. The van der Waals surface area contributed by atoms with Gasteiger partial charge in [0.15, 0.2) is 0 Å². The van der Waals surface area contributed by atoms with Gasteiger partial charge < -0.3 is 9.80 Å². The summed E-state index contributed by atoms with van der Waals surface area (Å²) in [5.41, 5.74) is 2.03. The molecule has 0 spiro atoms. The molecule has 4 rings (SSSR count). The van der Waals surface area contributed by atoms with Crippen LogP contribution < -0.4 is 9.21 Å². The van der Waals surface area contributed by atoms with Crippen molar-refractivity contribution in [1.29, 1.82) is 0 Å². The van der Waals surface area contributed by atoms with E-state index in [0.717, 1.165) is 74.9 Å². The van der Waals surface area contributed by atoms with Crippen LogP contribution in [-0.2, 0) is 10.0 Å². The first-order chi connectivity index (χ1) is 13.6. The molecule has 0 aromatic heterocycles. The molecule has 5 nitrogen and oxygen atoms in total. The number of benzene rings is 2. The van der Waals surface area contributed by atoms with Crippen LogP contribution in [-0.4, -0.2) is 52.6 Å². The Morgan fingerprint density at radius 3 is 2.54 bits per heavy atom. The van der Waals surface area contributed by atoms with Crippen LogP contribution in [0.15, 0.2) is 35.2 Å². The Morgan fingerprint density at radius 2 is 1.75 bits per heavy atom. The lowest BCUT2D eigenvalue weighted by Gasteiger charge is -2.25. The van der Waals surface area contributed by atoms with Crippen molar-refractivity contribution in [2.45, 2.75) is 44.4 Å². The molecule has 0 atom stereocenters. The Labute approximate surface area is 169 Å². The molecule has 0 N–H and O–H groups in total. The van der Waals surface area contributed by atoms with Crippen LogP contribution in [0.25, 0.3) is 10.8 Å². The fraction of sp³-hybridized carbons (Fsp3) is 0.545. The van der Waals surface area contributed by atoms with Gasteiger partial charge in [-0.15, -0.1) is 0 Å². The summed E-state index contributed by atoms with van der Waals surface area (Å²) in [6.45, 7) is 10.2. The molecule has 1 saturated heterocycles. The monoisotopic (exact) mass is 401 g/mol. The molecule has 6 heteroatoms. The second-order valence-corrected chi connectivity index (χ2v) is 9.67. The third-order valence-electron chi connectivity index (χ3n) is 6.14. The zero-order chi connectivity index (χ0) is 19.7. The second kappa shape index (κ2) is 7.91. The van der Waals surface area contributed by atoms with E-state index in [4.69, 9.17) is 0 Å². The van der Waals surface area contributed by atoms with Crippen molar-refractivity contribution in [3.05, 3.63) is 30.3 Å². The number of likely N-dealkylation sites (N-methyl/N-ethyl adjacent to an activating group) is 1. The Morgan fingerprint density at radius 1 is 0.929 bits per heavy atom. The van der Waals surface area contributed by atoms with E-state index >= 15 is 0 Å². The molecule has 0 amide bonds. The largest absolute Gasteiger partial charge is 0.370 e. The molecular formula is C22H31N3O2S. The number of sulfonamides is 1. The molecule has 0 aliphatic carbocycles. The molecule has 152 valence electrons. The summed E-state index contributed by atoms with van der Waals surface area (Å²) in [5, 5.41) is 1.98. The molecule has 2 aromatic carbocycles. The number of hydrogen-bond donors (Lipinski definition) is 0. The summed E-state index contributed by atoms with van der Waals surface area (Å²) in [6.07, 6.45) is 4.16. The lowest BCUT2D eigenvalue weighted by atomic mass is 10.1. The Balaban J connectivity index is 1.75. The van der Waals surface area contributed by atoms with Gasteiger partial charge in [0.2, 0.25) is 0 Å². The number of unbranched alkanes of at least 4 members (excludes halogenated alkanes) is 2. The van der Waals surface area contributed by atoms with E-state index < -0.39 is 10.0 Å². The first-order valence-corrected chi connectivity index (χ1v) is 12.1. The van der Waals surface area contributed by atoms with E-state index in [2.05, 4.69) is 35.8 Å². The minimum absolute atomic E-state index is 0.475. The van der Waals surface area contributed by atoms with E-state index in [1.54, 1.807) is 10.4 Å². The zero-order valence-electron chi connectivity index (χ0n) is 17.0. The van der Waals surface area contributed by atoms with Crippen molar-refractivity contribution in [3.8, 4) is 0 Å². The highest BCUT2D eigenvalue weighted by molar-refractivity contribution is 7.93. The summed E-state index contributed by atoms with van der Waals surface area (Å²) >= 11 is 0. The van der Waals surface area contributed by atoms with Gasteiger partial charge in [0, 0.05) is 42.6 Å². The highest BCUT2D eigenvalue weighted by atomic mass is 32.2. The van der Waals surface area contributed by atoms with Crippen molar-refractivity contribution >= 4 is 32.2 Å². The molecule has 0 saturated carbocycles. The Hall–Kier alpha value is -1.79. The molecule has 0 radical (unpaired) electrons. The van der Waals surface area contributed by atoms with Crippen molar-refractivity contribution in [1.82, 2.24) is 4.90 Å². The van der Waals surface area contributed by atoms with Crippen LogP contribution in [0.4, 0.5) is 11.4 Å². The van der Waals surface area contributed by atoms with Crippen LogP contribution in [0.1, 0.15) is 39.5 Å². The maximum absolute atomic E-state index is 13.2. The Bertz CT molecular complexity index is 958. The Kier molecular flexibility index (Phi) is 5.52. The summed E-state index contributed by atoms with van der Waals surface area (Å²) in [7, 11) is -3.44. The van der Waals surface area contributed by atoms with Crippen LogP contribution in [0.3, 0.4) is 0 Å². The molecule has 2 aliphatic heterocycles. The molecule has 28 heavy (non-hydrogen) atoms. The van der Waals surface area contributed by atoms with E-state index in [9.17, 15) is 8.42 Å². The molecule has 2 aromatic rings. The van der Waals surface area contributed by atoms with Gasteiger partial charge in [-0.05, 0) is 44.1 Å². The number of rotatable bonds is 6. The molecule has 2 heterocycles. The summed E-state index contributed by atoms with van der Waals surface area (Å²) in [4.78, 5) is 5.40. The standard InChI is InChI=1S/C22H31N3O2S/c1-3-5-6-15-25-20-12-11-19(24-14-8-13-23(4-2)16-17-24)18-9-7-10-21(22(18)20)28(25,26)27/h7,9-12H,3-6,8,13-17H2,1-2H3. The predicted molar refractivity (Wildman–Crippen MR) is 117 cm³/mol. The van der Waals surface area contributed by atoms with Gasteiger partial charge in [0.05, 0.1) is 10.6 Å². The topological polar surface area (TPSA) is 43.9 Å². The number of anilines is 2. The third kappa shape index (κ3) is 3.26. The molecule has 0 unspecified atom stereocenters. The number of nitrogens with zero attached hydrogens (tertiary/aromatic N) is 3. The highest BCUT2D eigenvalue weighted by Crippen LogP contribution is 2.45. The second-order valence-electron chi connectivity index (χ2n) is 7.84. The SMILES string of the molecule is CCCCCN1c2ccc(N3CCCN(CC)CC3)c3cccc(c23)S1(=O)=O. The van der Waals surface area contributed by atoms with Gasteiger partial charge in [-0.1, -0.05) is 38.8 Å². The average Bonchev–Trinajstić information content (AvgIpc) is 2.86. The fourth-order valence-corrected chi connectivity index (χ4v) is 6.30. The van der Waals surface area contributed by atoms with Gasteiger partial charge >= 0.3 is 0 Å². The third-order valence-corrected chi connectivity index (χ3v) is 7.99. The lowest BCUT2D eigenvalue weighted by molar-refractivity contribution is 0.310. The zero-order valence-corrected chi connectivity index (χ0v) is 17.8. The van der Waals surface area contributed by atoms with E-state index in [0.29, 0.717) is 11.4 Å². The minimum atomic E-state index is -3.44. The summed E-state index contributed by atoms with van der Waals surface area (Å²) in [6, 6.07) is 9.92. The first kappa shape index (κ1) is 19.5. The quantitative estimate of drug-likeness (QED) is 0.685. The van der Waals surface area contributed by atoms with Crippen LogP contribution in [0.5, 0.6) is 0 Å². The minimum Gasteiger partial charge on any atom is -0.370 e. The normalized spacial score (nSPS) is 19.4. The van der Waals surface area contributed by atoms with Crippen molar-refractivity contribution < 1.29 is 8.42 Å². The van der Waals surface area contributed by atoms with E-state index in [1.807, 2.05) is 12.1 Å². The molecule has 2 aliphatic rings. The molecule has 1 fully saturated rings. The maximum Gasteiger partial charge on any atom is 0.265 e. The first-order valence-electron chi connectivity index (χ1n) is 10.6. The van der Waals surface area contributed by atoms with Crippen molar-refractivity contribution in [2.75, 3.05) is 48.5 Å². The van der Waals surface area contributed by atoms with E-state index in [-0.39, 0.29) is 0 Å². The van der Waals surface area contributed by atoms with Crippen molar-refractivity contribution in [3.63, 3.8) is 0 Å². The van der Waals surface area contributed by atoms with Gasteiger partial charge in [0.25, 0.3) is 10.0 Å². The van der Waals surface area contributed by atoms with Gasteiger partial charge in [-0.2, -0.15) is 0 Å². The van der Waals surface area contributed by atoms with Crippen LogP contribution in [0, 0.1) is 0 Å². The lowest BCUT2D eigenvalue weighted by Crippen LogP contribution is -2.30. The van der Waals surface area contributed by atoms with Gasteiger partial charge in [-0.25, -0.2) is 8.42 Å². The molecular weight excluding hydrogens is 370 g/mol. The van der Waals surface area contributed by atoms with Crippen LogP contribution in [0.2, 0.25) is 0 Å². The highest BCUT2D eigenvalue weighted by Gasteiger charge is 2.36. The summed E-state index contributed by atoms with van der Waals surface area (Å²) < 4.78 is 28.0. The van der Waals surface area contributed by atoms with Gasteiger partial charge in [0.1, 0.15) is 0 Å². The number of hydrogen-bond acceptors (Lipinski definition) is 4. The van der Waals surface area contributed by atoms with Crippen molar-refractivity contribution in [2.24, 2.45) is 0 Å². The maximum atomic E-state index is 13.2. The fourth-order valence-electron chi connectivity index (χ4n) is 4.56. The smallest absolute Gasteiger partial charge is 0.265 e. The summed E-state index contributed by atoms with van der Waals surface area (Å²) in [5.74, 6) is 0. The van der Waals surface area contributed by atoms with Crippen LogP contribution >= 0.6 is 0 Å².